The molecule has 2 aromatic rings. The number of methoxy groups -OCH3 is 2. The van der Waals surface area contributed by atoms with Gasteiger partial charge in [-0.25, -0.2) is 0 Å². The van der Waals surface area contributed by atoms with Crippen LogP contribution in [-0.2, 0) is 6.54 Å². The Bertz CT molecular complexity index is 919. The number of amides is 1. The van der Waals surface area contributed by atoms with E-state index in [1.807, 2.05) is 6.07 Å². The molecule has 1 aliphatic rings. The Labute approximate surface area is 187 Å². The Morgan fingerprint density at radius 3 is 2.61 bits per heavy atom. The highest BCUT2D eigenvalue weighted by Gasteiger charge is 2.20. The molecule has 0 saturated carbocycles. The third kappa shape index (κ3) is 6.22. The highest BCUT2D eigenvalue weighted by molar-refractivity contribution is 6.00. The van der Waals surface area contributed by atoms with E-state index in [0.717, 1.165) is 31.5 Å². The van der Waals surface area contributed by atoms with Crippen LogP contribution in [-0.4, -0.2) is 44.2 Å². The molecule has 1 unspecified atom stereocenters. The number of nitro groups is 1. The van der Waals surface area contributed by atoms with Crippen LogP contribution in [0.2, 0.25) is 0 Å². The summed E-state index contributed by atoms with van der Waals surface area (Å²) in [7, 11) is 3.10. The van der Waals surface area contributed by atoms with Gasteiger partial charge >= 0.3 is 0 Å². The van der Waals surface area contributed by atoms with Gasteiger partial charge in [-0.3, -0.25) is 14.9 Å². The third-order valence-corrected chi connectivity index (χ3v) is 5.02. The van der Waals surface area contributed by atoms with Crippen LogP contribution in [0.25, 0.3) is 0 Å². The molecule has 3 rings (SSSR count). The molecule has 1 aliphatic heterocycles. The lowest BCUT2D eigenvalue weighted by molar-refractivity contribution is -0.384. The van der Waals surface area contributed by atoms with Crippen LogP contribution in [0.5, 0.6) is 11.5 Å². The molecule has 3 N–H and O–H groups in total. The number of carbonyl (C=O) groups is 1. The predicted molar refractivity (Wildman–Crippen MR) is 121 cm³/mol. The zero-order valence-electron chi connectivity index (χ0n) is 17.5. The molecule has 0 radical (unpaired) electrons. The van der Waals surface area contributed by atoms with E-state index in [4.69, 9.17) is 9.47 Å². The number of hydrogen-bond donors (Lipinski definition) is 3. The molecule has 1 saturated heterocycles. The molecule has 2 aromatic carbocycles. The summed E-state index contributed by atoms with van der Waals surface area (Å²) in [6.07, 6.45) is 2.00. The molecule has 1 amide bonds. The first-order chi connectivity index (χ1) is 14.5. The van der Waals surface area contributed by atoms with Crippen LogP contribution >= 0.6 is 12.4 Å². The maximum Gasteiger partial charge on any atom is 0.270 e. The van der Waals surface area contributed by atoms with Crippen LogP contribution in [0.4, 0.5) is 11.4 Å². The summed E-state index contributed by atoms with van der Waals surface area (Å²) >= 11 is 0. The van der Waals surface area contributed by atoms with Crippen LogP contribution in [0.1, 0.15) is 28.8 Å². The second-order valence-corrected chi connectivity index (χ2v) is 7.05. The summed E-state index contributed by atoms with van der Waals surface area (Å²) in [6.45, 7) is 1.99. The van der Waals surface area contributed by atoms with Crippen LogP contribution in [0, 0.1) is 10.1 Å². The molecule has 1 atom stereocenters. The van der Waals surface area contributed by atoms with Gasteiger partial charge in [0.2, 0.25) is 0 Å². The molecular formula is C21H27ClN4O5. The first-order valence-corrected chi connectivity index (χ1v) is 9.76. The van der Waals surface area contributed by atoms with Crippen molar-refractivity contribution in [1.29, 1.82) is 0 Å². The van der Waals surface area contributed by atoms with Gasteiger partial charge in [0.25, 0.3) is 11.6 Å². The lowest BCUT2D eigenvalue weighted by Gasteiger charge is -2.25. The predicted octanol–water partition coefficient (Wildman–Crippen LogP) is 3.13. The van der Waals surface area contributed by atoms with Crippen molar-refractivity contribution in [3.63, 3.8) is 0 Å². The lowest BCUT2D eigenvalue weighted by Crippen LogP contribution is -2.39. The zero-order chi connectivity index (χ0) is 21.5. The van der Waals surface area contributed by atoms with Gasteiger partial charge in [0, 0.05) is 37.0 Å². The van der Waals surface area contributed by atoms with Gasteiger partial charge in [-0.05, 0) is 43.1 Å². The zero-order valence-corrected chi connectivity index (χ0v) is 18.3. The monoisotopic (exact) mass is 450 g/mol. The normalized spacial score (nSPS) is 15.4. The summed E-state index contributed by atoms with van der Waals surface area (Å²) in [4.78, 5) is 23.6. The smallest absolute Gasteiger partial charge is 0.270 e. The van der Waals surface area contributed by atoms with E-state index in [0.29, 0.717) is 17.2 Å². The number of non-ortho nitro benzene ring substituents is 1. The maximum absolute atomic E-state index is 12.9. The summed E-state index contributed by atoms with van der Waals surface area (Å²) in [5.41, 5.74) is 1.52. The second-order valence-electron chi connectivity index (χ2n) is 7.05. The van der Waals surface area contributed by atoms with E-state index in [1.54, 1.807) is 32.4 Å². The fourth-order valence-electron chi connectivity index (χ4n) is 3.42. The Balaban J connectivity index is 0.00000341. The molecule has 0 spiro atoms. The van der Waals surface area contributed by atoms with Crippen molar-refractivity contribution < 1.29 is 19.2 Å². The van der Waals surface area contributed by atoms with Gasteiger partial charge in [-0.15, -0.1) is 12.4 Å². The Kier molecular flexibility index (Phi) is 8.89. The highest BCUT2D eigenvalue weighted by Crippen LogP contribution is 2.28. The van der Waals surface area contributed by atoms with Crippen molar-refractivity contribution in [3.05, 3.63) is 57.6 Å². The minimum Gasteiger partial charge on any atom is -0.493 e. The fraction of sp³-hybridized carbons (Fsp3) is 0.381. The Hall–Kier alpha value is -3.04. The number of piperidine rings is 1. The van der Waals surface area contributed by atoms with Gasteiger partial charge in [0.05, 0.1) is 24.7 Å². The quantitative estimate of drug-likeness (QED) is 0.418. The van der Waals surface area contributed by atoms with Crippen LogP contribution in [0.15, 0.2) is 36.4 Å². The van der Waals surface area contributed by atoms with Crippen molar-refractivity contribution in [2.45, 2.75) is 25.4 Å². The lowest BCUT2D eigenvalue weighted by atomic mass is 10.1. The van der Waals surface area contributed by atoms with Crippen molar-refractivity contribution in [1.82, 2.24) is 10.6 Å². The fourth-order valence-corrected chi connectivity index (χ4v) is 3.42. The molecular weight excluding hydrogens is 424 g/mol. The first-order valence-electron chi connectivity index (χ1n) is 9.76. The first kappa shape index (κ1) is 24.2. The largest absolute Gasteiger partial charge is 0.493 e. The van der Waals surface area contributed by atoms with E-state index < -0.39 is 4.92 Å². The molecule has 1 heterocycles. The van der Waals surface area contributed by atoms with Gasteiger partial charge in [0.15, 0.2) is 11.5 Å². The number of benzene rings is 2. The molecule has 0 aromatic heterocycles. The SMILES string of the molecule is COc1ccc(CNC(=O)c2cc([N+](=O)[O-])ccc2NC2CCCNC2)cc1OC.Cl. The molecule has 9 nitrogen and oxygen atoms in total. The van der Waals surface area contributed by atoms with Crippen molar-refractivity contribution in [2.75, 3.05) is 32.6 Å². The van der Waals surface area contributed by atoms with Crippen molar-refractivity contribution in [3.8, 4) is 11.5 Å². The van der Waals surface area contributed by atoms with Gasteiger partial charge in [-0.1, -0.05) is 6.07 Å². The average Bonchev–Trinajstić information content (AvgIpc) is 2.78. The molecule has 168 valence electrons. The number of carbonyl (C=O) groups excluding carboxylic acids is 1. The van der Waals surface area contributed by atoms with Gasteiger partial charge in [0.1, 0.15) is 0 Å². The summed E-state index contributed by atoms with van der Waals surface area (Å²) in [5, 5.41) is 20.7. The third-order valence-electron chi connectivity index (χ3n) is 5.02. The Morgan fingerprint density at radius 1 is 1.19 bits per heavy atom. The number of halogens is 1. The van der Waals surface area contributed by atoms with E-state index in [2.05, 4.69) is 16.0 Å². The topological polar surface area (TPSA) is 115 Å². The number of ether oxygens (including phenoxy) is 2. The molecule has 0 bridgehead atoms. The number of nitrogens with one attached hydrogen (secondary N) is 3. The Morgan fingerprint density at radius 2 is 1.97 bits per heavy atom. The summed E-state index contributed by atoms with van der Waals surface area (Å²) < 4.78 is 10.5. The van der Waals surface area contributed by atoms with Crippen LogP contribution < -0.4 is 25.4 Å². The number of nitrogens with zero attached hydrogens (tertiary/aromatic N) is 1. The minimum atomic E-state index is -0.503. The second kappa shape index (κ2) is 11.4. The maximum atomic E-state index is 12.9. The standard InChI is InChI=1S/C21H26N4O5.ClH/c1-29-19-8-5-14(10-20(19)30-2)12-23-21(26)17-11-16(25(27)28)6-7-18(17)24-15-4-3-9-22-13-15;/h5-8,10-11,15,22,24H,3-4,9,12-13H2,1-2H3,(H,23,26);1H. The molecule has 31 heavy (non-hydrogen) atoms. The van der Waals surface area contributed by atoms with Crippen molar-refractivity contribution in [2.24, 2.45) is 0 Å². The van der Waals surface area contributed by atoms with E-state index in [1.165, 1.54) is 12.1 Å². The van der Waals surface area contributed by atoms with E-state index >= 15 is 0 Å². The minimum absolute atomic E-state index is 0. The van der Waals surface area contributed by atoms with Crippen molar-refractivity contribution >= 4 is 29.7 Å². The van der Waals surface area contributed by atoms with Gasteiger partial charge in [-0.2, -0.15) is 0 Å². The number of nitro benzene ring substituents is 1. The van der Waals surface area contributed by atoms with E-state index in [9.17, 15) is 14.9 Å². The van der Waals surface area contributed by atoms with Crippen LogP contribution in [0.3, 0.4) is 0 Å². The number of anilines is 1. The molecule has 1 fully saturated rings. The highest BCUT2D eigenvalue weighted by atomic mass is 35.5. The summed E-state index contributed by atoms with van der Waals surface area (Å²) in [6, 6.07) is 9.83. The molecule has 10 heteroatoms. The van der Waals surface area contributed by atoms with Gasteiger partial charge < -0.3 is 25.4 Å². The number of hydrogen-bond acceptors (Lipinski definition) is 7. The number of rotatable bonds is 8. The average molecular weight is 451 g/mol. The summed E-state index contributed by atoms with van der Waals surface area (Å²) in [5.74, 6) is 0.769. The van der Waals surface area contributed by atoms with E-state index in [-0.39, 0.29) is 42.2 Å². The molecule has 0 aliphatic carbocycles.